The van der Waals surface area contributed by atoms with E-state index in [9.17, 15) is 4.79 Å². The predicted octanol–water partition coefficient (Wildman–Crippen LogP) is 2.24. The molecule has 0 spiro atoms. The predicted molar refractivity (Wildman–Crippen MR) is 52.2 cm³/mol. The molecule has 0 aromatic rings. The topological polar surface area (TPSA) is 26.3 Å². The van der Waals surface area contributed by atoms with Crippen molar-refractivity contribution in [2.75, 3.05) is 6.61 Å². The standard InChI is InChI=1S/C11H14O2/c1-3-13-11(12)10-6-4-5-9(2)7-8-10/h4-9H,3H2,1-2H3. The first kappa shape index (κ1) is 9.78. The highest BCUT2D eigenvalue weighted by atomic mass is 16.5. The van der Waals surface area contributed by atoms with Gasteiger partial charge in [-0.3, -0.25) is 0 Å². The van der Waals surface area contributed by atoms with Crippen LogP contribution in [0.5, 0.6) is 0 Å². The van der Waals surface area contributed by atoms with Crippen molar-refractivity contribution >= 4 is 5.97 Å². The van der Waals surface area contributed by atoms with E-state index in [4.69, 9.17) is 4.74 Å². The molecule has 0 amide bonds. The fourth-order valence-electron chi connectivity index (χ4n) is 1.06. The number of hydrogen-bond acceptors (Lipinski definition) is 2. The van der Waals surface area contributed by atoms with Gasteiger partial charge in [0, 0.05) is 0 Å². The molecule has 1 rings (SSSR count). The lowest BCUT2D eigenvalue weighted by Crippen LogP contribution is -2.05. The molecule has 1 atom stereocenters. The van der Waals surface area contributed by atoms with Gasteiger partial charge in [-0.15, -0.1) is 0 Å². The molecule has 1 unspecified atom stereocenters. The van der Waals surface area contributed by atoms with E-state index in [-0.39, 0.29) is 5.97 Å². The Morgan fingerprint density at radius 2 is 2.31 bits per heavy atom. The van der Waals surface area contributed by atoms with Gasteiger partial charge in [0.25, 0.3) is 0 Å². The maximum absolute atomic E-state index is 11.3. The Kier molecular flexibility index (Phi) is 3.50. The molecule has 0 bridgehead atoms. The summed E-state index contributed by atoms with van der Waals surface area (Å²) in [5.74, 6) is 0.126. The van der Waals surface area contributed by atoms with Crippen molar-refractivity contribution in [1.29, 1.82) is 0 Å². The molecule has 0 radical (unpaired) electrons. The van der Waals surface area contributed by atoms with Crippen LogP contribution < -0.4 is 0 Å². The molecule has 0 aromatic carbocycles. The maximum atomic E-state index is 11.3. The number of carbonyl (C=O) groups excluding carboxylic acids is 1. The van der Waals surface area contributed by atoms with Gasteiger partial charge in [-0.25, -0.2) is 4.79 Å². The molecule has 0 N–H and O–H groups in total. The SMILES string of the molecule is CCOC(=O)C1=CC=CC(C)C=C1. The molecule has 1 aliphatic carbocycles. The molecule has 0 fully saturated rings. The second kappa shape index (κ2) is 4.65. The van der Waals surface area contributed by atoms with E-state index in [1.165, 1.54) is 0 Å². The lowest BCUT2D eigenvalue weighted by Gasteiger charge is -2.00. The quantitative estimate of drug-likeness (QED) is 0.606. The summed E-state index contributed by atoms with van der Waals surface area (Å²) in [5, 5.41) is 0. The zero-order valence-corrected chi connectivity index (χ0v) is 7.99. The summed E-state index contributed by atoms with van der Waals surface area (Å²) in [4.78, 5) is 11.3. The van der Waals surface area contributed by atoms with Crippen LogP contribution in [0, 0.1) is 5.92 Å². The zero-order chi connectivity index (χ0) is 9.68. The average molecular weight is 178 g/mol. The number of rotatable bonds is 2. The Morgan fingerprint density at radius 3 is 3.00 bits per heavy atom. The first-order chi connectivity index (χ1) is 6.24. The van der Waals surface area contributed by atoms with E-state index >= 15 is 0 Å². The van der Waals surface area contributed by atoms with Crippen molar-refractivity contribution in [2.24, 2.45) is 5.92 Å². The van der Waals surface area contributed by atoms with Gasteiger partial charge in [0.1, 0.15) is 0 Å². The molecule has 2 nitrogen and oxygen atoms in total. The van der Waals surface area contributed by atoms with Crippen molar-refractivity contribution in [2.45, 2.75) is 13.8 Å². The van der Waals surface area contributed by atoms with Gasteiger partial charge in [0.05, 0.1) is 12.2 Å². The van der Waals surface area contributed by atoms with E-state index in [0.29, 0.717) is 18.1 Å². The molecule has 1 aliphatic rings. The van der Waals surface area contributed by atoms with Crippen LogP contribution in [0.15, 0.2) is 36.0 Å². The highest BCUT2D eigenvalue weighted by molar-refractivity contribution is 5.92. The van der Waals surface area contributed by atoms with E-state index in [0.717, 1.165) is 0 Å². The summed E-state index contributed by atoms with van der Waals surface area (Å²) < 4.78 is 4.88. The Hall–Kier alpha value is -1.31. The summed E-state index contributed by atoms with van der Waals surface area (Å²) >= 11 is 0. The number of ether oxygens (including phenoxy) is 1. The molecule has 0 aromatic heterocycles. The Morgan fingerprint density at radius 1 is 1.54 bits per heavy atom. The van der Waals surface area contributed by atoms with Gasteiger partial charge in [0.2, 0.25) is 0 Å². The smallest absolute Gasteiger partial charge is 0.338 e. The molecule has 0 saturated carbocycles. The molecule has 0 aliphatic heterocycles. The molecular weight excluding hydrogens is 164 g/mol. The van der Waals surface area contributed by atoms with Crippen LogP contribution in [-0.4, -0.2) is 12.6 Å². The average Bonchev–Trinajstić information content (AvgIpc) is 2.30. The van der Waals surface area contributed by atoms with E-state index < -0.39 is 0 Å². The van der Waals surface area contributed by atoms with E-state index in [2.05, 4.69) is 6.92 Å². The van der Waals surface area contributed by atoms with Gasteiger partial charge in [0.15, 0.2) is 0 Å². The van der Waals surface area contributed by atoms with Crippen molar-refractivity contribution in [1.82, 2.24) is 0 Å². The molecule has 0 heterocycles. The van der Waals surface area contributed by atoms with Crippen LogP contribution in [0.3, 0.4) is 0 Å². The summed E-state index contributed by atoms with van der Waals surface area (Å²) in [6.45, 7) is 4.29. The molecule has 0 saturated heterocycles. The van der Waals surface area contributed by atoms with Crippen molar-refractivity contribution < 1.29 is 9.53 Å². The fraction of sp³-hybridized carbons (Fsp3) is 0.364. The second-order valence-corrected chi connectivity index (χ2v) is 2.95. The number of hydrogen-bond donors (Lipinski definition) is 0. The summed E-state index contributed by atoms with van der Waals surface area (Å²) in [6, 6.07) is 0. The third kappa shape index (κ3) is 2.90. The van der Waals surface area contributed by atoms with Gasteiger partial charge < -0.3 is 4.74 Å². The van der Waals surface area contributed by atoms with Crippen LogP contribution in [0.25, 0.3) is 0 Å². The van der Waals surface area contributed by atoms with Crippen LogP contribution in [-0.2, 0) is 9.53 Å². The van der Waals surface area contributed by atoms with Gasteiger partial charge in [-0.05, 0) is 18.9 Å². The molecule has 70 valence electrons. The van der Waals surface area contributed by atoms with Crippen LogP contribution in [0.2, 0.25) is 0 Å². The van der Waals surface area contributed by atoms with Crippen molar-refractivity contribution in [3.8, 4) is 0 Å². The third-order valence-corrected chi connectivity index (χ3v) is 1.78. The summed E-state index contributed by atoms with van der Waals surface area (Å²) in [6.07, 6.45) is 9.48. The molecule has 13 heavy (non-hydrogen) atoms. The van der Waals surface area contributed by atoms with E-state index in [1.54, 1.807) is 13.0 Å². The Labute approximate surface area is 78.6 Å². The van der Waals surface area contributed by atoms with Crippen LogP contribution in [0.4, 0.5) is 0 Å². The minimum Gasteiger partial charge on any atom is -0.462 e. The van der Waals surface area contributed by atoms with Crippen molar-refractivity contribution in [3.63, 3.8) is 0 Å². The number of carbonyl (C=O) groups is 1. The Balaban J connectivity index is 2.70. The highest BCUT2D eigenvalue weighted by Crippen LogP contribution is 2.10. The fourth-order valence-corrected chi connectivity index (χ4v) is 1.06. The van der Waals surface area contributed by atoms with Crippen molar-refractivity contribution in [3.05, 3.63) is 36.0 Å². The number of allylic oxidation sites excluding steroid dienone is 4. The first-order valence-corrected chi connectivity index (χ1v) is 4.48. The van der Waals surface area contributed by atoms with Gasteiger partial charge in [-0.1, -0.05) is 31.2 Å². The number of esters is 1. The normalized spacial score (nSPS) is 20.8. The minimum absolute atomic E-state index is 0.252. The Bertz CT molecular complexity index is 272. The lowest BCUT2D eigenvalue weighted by atomic mass is 10.1. The van der Waals surface area contributed by atoms with Gasteiger partial charge in [-0.2, -0.15) is 0 Å². The zero-order valence-electron chi connectivity index (χ0n) is 7.99. The van der Waals surface area contributed by atoms with Gasteiger partial charge >= 0.3 is 5.97 Å². The van der Waals surface area contributed by atoms with Crippen LogP contribution in [0.1, 0.15) is 13.8 Å². The first-order valence-electron chi connectivity index (χ1n) is 4.48. The van der Waals surface area contributed by atoms with E-state index in [1.807, 2.05) is 24.3 Å². The maximum Gasteiger partial charge on any atom is 0.338 e. The largest absolute Gasteiger partial charge is 0.462 e. The highest BCUT2D eigenvalue weighted by Gasteiger charge is 2.07. The van der Waals surface area contributed by atoms with Crippen LogP contribution >= 0.6 is 0 Å². The second-order valence-electron chi connectivity index (χ2n) is 2.95. The minimum atomic E-state index is -0.252. The third-order valence-electron chi connectivity index (χ3n) is 1.78. The summed E-state index contributed by atoms with van der Waals surface area (Å²) in [5.41, 5.74) is 0.613. The summed E-state index contributed by atoms with van der Waals surface area (Å²) in [7, 11) is 0. The monoisotopic (exact) mass is 178 g/mol. The molecular formula is C11H14O2. The molecule has 2 heteroatoms. The lowest BCUT2D eigenvalue weighted by molar-refractivity contribution is -0.138.